The van der Waals surface area contributed by atoms with Gasteiger partial charge in [0.15, 0.2) is 28.8 Å². The lowest BCUT2D eigenvalue weighted by atomic mass is 9.82. The molecule has 1 atom stereocenters. The van der Waals surface area contributed by atoms with Crippen LogP contribution in [0.4, 0.5) is 5.95 Å². The Bertz CT molecular complexity index is 1320. The van der Waals surface area contributed by atoms with Gasteiger partial charge in [-0.3, -0.25) is 4.79 Å². The predicted molar refractivity (Wildman–Crippen MR) is 136 cm³/mol. The van der Waals surface area contributed by atoms with Crippen LogP contribution in [-0.2, 0) is 13.0 Å². The van der Waals surface area contributed by atoms with E-state index in [0.717, 1.165) is 55.5 Å². The molecule has 1 aliphatic carbocycles. The molecule has 3 heterocycles. The number of ketones is 1. The maximum atomic E-state index is 13.0. The number of carbonyl (C=O) groups is 1. The van der Waals surface area contributed by atoms with Crippen LogP contribution < -0.4 is 28.7 Å². The first kappa shape index (κ1) is 23.5. The number of hydrogen-bond acceptors (Lipinski definition) is 8. The van der Waals surface area contributed by atoms with Crippen LogP contribution in [0.15, 0.2) is 42.6 Å². The molecule has 1 fully saturated rings. The summed E-state index contributed by atoms with van der Waals surface area (Å²) in [4.78, 5) is 26.2. The van der Waals surface area contributed by atoms with Crippen LogP contribution in [0.3, 0.4) is 0 Å². The predicted octanol–water partition coefficient (Wildman–Crippen LogP) is 2.04. The summed E-state index contributed by atoms with van der Waals surface area (Å²) >= 11 is 0. The van der Waals surface area contributed by atoms with Crippen molar-refractivity contribution in [2.24, 2.45) is 0 Å². The highest BCUT2D eigenvalue weighted by Gasteiger charge is 2.30. The first-order chi connectivity index (χ1) is 18.1. The van der Waals surface area contributed by atoms with Crippen molar-refractivity contribution in [3.8, 4) is 23.0 Å². The molecule has 2 aliphatic heterocycles. The summed E-state index contributed by atoms with van der Waals surface area (Å²) in [6.45, 7) is 4.95. The van der Waals surface area contributed by atoms with Gasteiger partial charge >= 0.3 is 0 Å². The maximum Gasteiger partial charge on any atom is 0.231 e. The molecular weight excluding hydrogens is 472 g/mol. The number of nitrogens with zero attached hydrogens (tertiary/aromatic N) is 3. The Morgan fingerprint density at radius 1 is 1.00 bits per heavy atom. The average Bonchev–Trinajstić information content (AvgIpc) is 3.41. The van der Waals surface area contributed by atoms with E-state index in [1.807, 2.05) is 24.3 Å². The fraction of sp³-hybridized carbons (Fsp3) is 0.393. The van der Waals surface area contributed by atoms with Gasteiger partial charge in [0.2, 0.25) is 12.7 Å². The summed E-state index contributed by atoms with van der Waals surface area (Å²) < 4.78 is 21.8. The van der Waals surface area contributed by atoms with E-state index in [1.54, 1.807) is 20.4 Å². The van der Waals surface area contributed by atoms with Gasteiger partial charge in [-0.2, -0.15) is 0 Å². The lowest BCUT2D eigenvalue weighted by molar-refractivity contribution is -0.914. The highest BCUT2D eigenvalue weighted by atomic mass is 16.7. The minimum atomic E-state index is 0.0468. The summed E-state index contributed by atoms with van der Waals surface area (Å²) in [5.41, 5.74) is 3.78. The van der Waals surface area contributed by atoms with Gasteiger partial charge in [0.25, 0.3) is 0 Å². The lowest BCUT2D eigenvalue weighted by Gasteiger charge is -2.33. The van der Waals surface area contributed by atoms with Crippen molar-refractivity contribution in [3.05, 3.63) is 65.0 Å². The Balaban J connectivity index is 1.13. The van der Waals surface area contributed by atoms with Crippen molar-refractivity contribution in [1.29, 1.82) is 0 Å². The Labute approximate surface area is 215 Å². The lowest BCUT2D eigenvalue weighted by Crippen LogP contribution is -3.13. The number of rotatable bonds is 6. The molecule has 0 amide bonds. The number of ether oxygens (including phenoxy) is 4. The van der Waals surface area contributed by atoms with Crippen molar-refractivity contribution in [3.63, 3.8) is 0 Å². The number of fused-ring (bicyclic) bond motifs is 2. The molecule has 6 rings (SSSR count). The summed E-state index contributed by atoms with van der Waals surface area (Å²) in [7, 11) is 3.24. The molecule has 1 saturated heterocycles. The number of benzene rings is 2. The molecule has 37 heavy (non-hydrogen) atoms. The quantitative estimate of drug-likeness (QED) is 0.547. The van der Waals surface area contributed by atoms with E-state index < -0.39 is 0 Å². The van der Waals surface area contributed by atoms with Crippen molar-refractivity contribution in [2.45, 2.75) is 25.3 Å². The second-order valence-electron chi connectivity index (χ2n) is 9.77. The van der Waals surface area contributed by atoms with Gasteiger partial charge in [0.1, 0.15) is 6.54 Å². The third kappa shape index (κ3) is 4.67. The number of carbonyl (C=O) groups excluding carboxylic acids is 1. The number of methoxy groups -OCH3 is 2. The van der Waals surface area contributed by atoms with Crippen LogP contribution in [0.5, 0.6) is 23.0 Å². The van der Waals surface area contributed by atoms with Crippen molar-refractivity contribution in [2.75, 3.05) is 52.1 Å². The summed E-state index contributed by atoms with van der Waals surface area (Å²) in [6.07, 6.45) is 2.85. The number of Topliss-reactive ketones (excluding diaryl/α,β-unsaturated/α-hetero) is 1. The minimum absolute atomic E-state index is 0.0468. The van der Waals surface area contributed by atoms with Crippen LogP contribution in [0.1, 0.15) is 39.5 Å². The molecule has 0 radical (unpaired) electrons. The molecule has 9 nitrogen and oxygen atoms in total. The van der Waals surface area contributed by atoms with Gasteiger partial charge in [-0.05, 0) is 48.2 Å². The van der Waals surface area contributed by atoms with E-state index in [4.69, 9.17) is 23.9 Å². The maximum absolute atomic E-state index is 13.0. The van der Waals surface area contributed by atoms with E-state index in [-0.39, 0.29) is 11.7 Å². The Morgan fingerprint density at radius 3 is 2.62 bits per heavy atom. The molecule has 0 spiro atoms. The third-order valence-corrected chi connectivity index (χ3v) is 7.55. The zero-order chi connectivity index (χ0) is 25.4. The largest absolute Gasteiger partial charge is 0.493 e. The van der Waals surface area contributed by atoms with Crippen LogP contribution >= 0.6 is 0 Å². The van der Waals surface area contributed by atoms with Gasteiger partial charge in [-0.25, -0.2) is 9.97 Å². The Hall–Kier alpha value is -3.85. The summed E-state index contributed by atoms with van der Waals surface area (Å²) in [6, 6.07) is 12.1. The Kier molecular flexibility index (Phi) is 6.30. The SMILES string of the molecule is COc1ccc([C@@H]2CC(=O)c3cnc(N4CC[NH+](Cc5ccc6c(c5)OCO6)CC4)nc3C2)cc1OC. The first-order valence-corrected chi connectivity index (χ1v) is 12.7. The van der Waals surface area contributed by atoms with Crippen LogP contribution in [0.25, 0.3) is 0 Å². The zero-order valence-electron chi connectivity index (χ0n) is 21.2. The van der Waals surface area contributed by atoms with Gasteiger partial charge in [0.05, 0.1) is 51.7 Å². The van der Waals surface area contributed by atoms with Gasteiger partial charge in [-0.1, -0.05) is 6.07 Å². The third-order valence-electron chi connectivity index (χ3n) is 7.55. The highest BCUT2D eigenvalue weighted by molar-refractivity contribution is 5.98. The molecular formula is C28H31N4O5+. The van der Waals surface area contributed by atoms with Crippen LogP contribution in [0.2, 0.25) is 0 Å². The number of aromatic nitrogens is 2. The summed E-state index contributed by atoms with van der Waals surface area (Å²) in [5.74, 6) is 3.85. The van der Waals surface area contributed by atoms with Gasteiger partial charge in [-0.15, -0.1) is 0 Å². The van der Waals surface area contributed by atoms with Gasteiger partial charge in [0, 0.05) is 18.2 Å². The average molecular weight is 504 g/mol. The standard InChI is InChI=1S/C28H30N4O5/c1-34-24-6-4-19(14-26(24)35-2)20-12-22-21(23(33)13-20)15-29-28(30-22)32-9-7-31(8-10-32)16-18-3-5-25-27(11-18)37-17-36-25/h3-6,11,14-15,20H,7-10,12-13,16-17H2,1-2H3/p+1/t20-/m0/s1. The second kappa shape index (κ2) is 9.89. The fourth-order valence-electron chi connectivity index (χ4n) is 5.47. The van der Waals surface area contributed by atoms with E-state index in [9.17, 15) is 4.79 Å². The first-order valence-electron chi connectivity index (χ1n) is 12.7. The smallest absolute Gasteiger partial charge is 0.231 e. The van der Waals surface area contributed by atoms with Crippen molar-refractivity contribution >= 4 is 11.7 Å². The second-order valence-corrected chi connectivity index (χ2v) is 9.77. The van der Waals surface area contributed by atoms with E-state index >= 15 is 0 Å². The number of quaternary nitrogens is 1. The number of hydrogen-bond donors (Lipinski definition) is 1. The van der Waals surface area contributed by atoms with Crippen molar-refractivity contribution < 1.29 is 28.6 Å². The summed E-state index contributed by atoms with van der Waals surface area (Å²) in [5, 5.41) is 0. The molecule has 1 N–H and O–H groups in total. The molecule has 0 bridgehead atoms. The van der Waals surface area contributed by atoms with Crippen LogP contribution in [-0.4, -0.2) is 62.9 Å². The normalized spacial score (nSPS) is 19.0. The Morgan fingerprint density at radius 2 is 1.81 bits per heavy atom. The minimum Gasteiger partial charge on any atom is -0.493 e. The van der Waals surface area contributed by atoms with Crippen molar-refractivity contribution in [1.82, 2.24) is 9.97 Å². The monoisotopic (exact) mass is 503 g/mol. The fourth-order valence-corrected chi connectivity index (χ4v) is 5.47. The molecule has 1 aromatic heterocycles. The number of anilines is 1. The topological polar surface area (TPSA) is 87.5 Å². The molecule has 0 unspecified atom stereocenters. The van der Waals surface area contributed by atoms with E-state index in [1.165, 1.54) is 10.5 Å². The molecule has 0 saturated carbocycles. The zero-order valence-corrected chi connectivity index (χ0v) is 21.2. The highest BCUT2D eigenvalue weighted by Crippen LogP contribution is 2.37. The van der Waals surface area contributed by atoms with Gasteiger partial charge < -0.3 is 28.7 Å². The number of piperazine rings is 1. The van der Waals surface area contributed by atoms with E-state index in [2.05, 4.69) is 22.0 Å². The molecule has 9 heteroatoms. The molecule has 3 aromatic rings. The molecule has 3 aliphatic rings. The number of nitrogens with one attached hydrogen (secondary N) is 1. The van der Waals surface area contributed by atoms with E-state index in [0.29, 0.717) is 42.6 Å². The molecule has 2 aromatic carbocycles. The van der Waals surface area contributed by atoms with Crippen LogP contribution in [0, 0.1) is 0 Å². The molecule has 192 valence electrons.